The number of hydrogen-bond donors (Lipinski definition) is 1. The molecule has 3 nitrogen and oxygen atoms in total. The number of ether oxygens (including phenoxy) is 1. The van der Waals surface area contributed by atoms with E-state index in [1.54, 1.807) is 22.7 Å². The minimum Gasteiger partial charge on any atom is -0.487 e. The summed E-state index contributed by atoms with van der Waals surface area (Å²) < 4.78 is 5.73. The lowest BCUT2D eigenvalue weighted by Crippen LogP contribution is -1.98. The van der Waals surface area contributed by atoms with Crippen molar-refractivity contribution in [1.29, 1.82) is 0 Å². The Morgan fingerprint density at radius 1 is 1.10 bits per heavy atom. The van der Waals surface area contributed by atoms with Crippen molar-refractivity contribution in [3.8, 4) is 16.3 Å². The maximum absolute atomic E-state index is 5.73. The summed E-state index contributed by atoms with van der Waals surface area (Å²) in [6.45, 7) is 1.04. The van der Waals surface area contributed by atoms with Crippen molar-refractivity contribution in [3.05, 3.63) is 57.7 Å². The Balaban J connectivity index is 1.63. The molecule has 1 aromatic carbocycles. The quantitative estimate of drug-likeness (QED) is 0.777. The second-order valence-corrected chi connectivity index (χ2v) is 5.93. The average Bonchev–Trinajstić information content (AvgIpc) is 3.16. The average molecular weight is 302 g/mol. The zero-order valence-corrected chi connectivity index (χ0v) is 12.4. The van der Waals surface area contributed by atoms with E-state index in [9.17, 15) is 0 Å². The van der Waals surface area contributed by atoms with E-state index in [4.69, 9.17) is 10.5 Å². The van der Waals surface area contributed by atoms with Gasteiger partial charge in [0.15, 0.2) is 0 Å². The molecule has 0 aliphatic carbocycles. The van der Waals surface area contributed by atoms with Gasteiger partial charge in [0.05, 0.1) is 5.69 Å². The fraction of sp³-hybridized carbons (Fsp3) is 0.133. The number of nitrogens with two attached hydrogens (primary N) is 1. The lowest BCUT2D eigenvalue weighted by atomic mass is 10.2. The van der Waals surface area contributed by atoms with Crippen molar-refractivity contribution in [3.63, 3.8) is 0 Å². The predicted octanol–water partition coefficient (Wildman–Crippen LogP) is 3.91. The van der Waals surface area contributed by atoms with Crippen LogP contribution in [-0.4, -0.2) is 4.98 Å². The highest BCUT2D eigenvalue weighted by atomic mass is 32.1. The first-order chi connectivity index (χ1) is 9.85. The molecule has 5 heteroatoms. The molecule has 0 aliphatic rings. The van der Waals surface area contributed by atoms with Gasteiger partial charge >= 0.3 is 0 Å². The number of thiazole rings is 1. The summed E-state index contributed by atoms with van der Waals surface area (Å²) >= 11 is 3.33. The molecule has 102 valence electrons. The molecule has 0 bridgehead atoms. The van der Waals surface area contributed by atoms with Crippen LogP contribution >= 0.6 is 22.7 Å². The summed E-state index contributed by atoms with van der Waals surface area (Å²) in [6.07, 6.45) is 0. The van der Waals surface area contributed by atoms with Gasteiger partial charge in [0, 0.05) is 22.9 Å². The van der Waals surface area contributed by atoms with Gasteiger partial charge in [-0.2, -0.15) is 11.3 Å². The SMILES string of the molecule is NCc1ccc(OCc2csc(-c3ccsc3)n2)cc1. The first-order valence-electron chi connectivity index (χ1n) is 6.24. The van der Waals surface area contributed by atoms with Crippen LogP contribution in [-0.2, 0) is 13.2 Å². The van der Waals surface area contributed by atoms with Crippen molar-refractivity contribution in [1.82, 2.24) is 4.98 Å². The van der Waals surface area contributed by atoms with Gasteiger partial charge in [-0.05, 0) is 29.1 Å². The molecule has 3 aromatic rings. The van der Waals surface area contributed by atoms with Gasteiger partial charge < -0.3 is 10.5 Å². The van der Waals surface area contributed by atoms with Crippen LogP contribution in [0.2, 0.25) is 0 Å². The Morgan fingerprint density at radius 3 is 2.65 bits per heavy atom. The van der Waals surface area contributed by atoms with Crippen molar-refractivity contribution in [2.45, 2.75) is 13.2 Å². The topological polar surface area (TPSA) is 48.1 Å². The third-order valence-electron chi connectivity index (χ3n) is 2.87. The van der Waals surface area contributed by atoms with Crippen LogP contribution < -0.4 is 10.5 Å². The first-order valence-corrected chi connectivity index (χ1v) is 8.06. The van der Waals surface area contributed by atoms with Gasteiger partial charge in [0.1, 0.15) is 17.4 Å². The maximum Gasteiger partial charge on any atom is 0.131 e. The third-order valence-corrected chi connectivity index (χ3v) is 4.49. The van der Waals surface area contributed by atoms with Gasteiger partial charge in [0.2, 0.25) is 0 Å². The highest BCUT2D eigenvalue weighted by molar-refractivity contribution is 7.14. The van der Waals surface area contributed by atoms with Crippen LogP contribution in [0.25, 0.3) is 10.6 Å². The molecule has 0 radical (unpaired) electrons. The van der Waals surface area contributed by atoms with Crippen molar-refractivity contribution < 1.29 is 4.74 Å². The Hall–Kier alpha value is -1.69. The van der Waals surface area contributed by atoms with Crippen LogP contribution in [0.15, 0.2) is 46.5 Å². The molecule has 0 atom stereocenters. The molecule has 0 unspecified atom stereocenters. The number of nitrogens with zero attached hydrogens (tertiary/aromatic N) is 1. The fourth-order valence-electron chi connectivity index (χ4n) is 1.77. The van der Waals surface area contributed by atoms with E-state index in [-0.39, 0.29) is 0 Å². The summed E-state index contributed by atoms with van der Waals surface area (Å²) in [6, 6.07) is 9.92. The monoisotopic (exact) mass is 302 g/mol. The second kappa shape index (κ2) is 6.17. The molecular weight excluding hydrogens is 288 g/mol. The molecule has 0 spiro atoms. The highest BCUT2D eigenvalue weighted by Gasteiger charge is 2.05. The number of hydrogen-bond acceptors (Lipinski definition) is 5. The van der Waals surface area contributed by atoms with E-state index in [0.29, 0.717) is 13.2 Å². The van der Waals surface area contributed by atoms with E-state index in [1.807, 2.05) is 29.6 Å². The Bertz CT molecular complexity index is 660. The van der Waals surface area contributed by atoms with Crippen molar-refractivity contribution >= 4 is 22.7 Å². The van der Waals surface area contributed by atoms with E-state index < -0.39 is 0 Å². The molecule has 2 heterocycles. The number of rotatable bonds is 5. The molecule has 0 fully saturated rings. The number of benzene rings is 1. The Kier molecular flexibility index (Phi) is 4.11. The van der Waals surface area contributed by atoms with Crippen LogP contribution in [0, 0.1) is 0 Å². The van der Waals surface area contributed by atoms with E-state index in [1.165, 1.54) is 5.56 Å². The summed E-state index contributed by atoms with van der Waals surface area (Å²) in [7, 11) is 0. The smallest absolute Gasteiger partial charge is 0.131 e. The predicted molar refractivity (Wildman–Crippen MR) is 84.1 cm³/mol. The van der Waals surface area contributed by atoms with Crippen molar-refractivity contribution in [2.24, 2.45) is 5.73 Å². The molecule has 3 rings (SSSR count). The molecule has 0 aliphatic heterocycles. The zero-order valence-electron chi connectivity index (χ0n) is 10.8. The Labute approximate surface area is 125 Å². The highest BCUT2D eigenvalue weighted by Crippen LogP contribution is 2.26. The summed E-state index contributed by atoms with van der Waals surface area (Å²) in [5.74, 6) is 0.840. The zero-order chi connectivity index (χ0) is 13.8. The molecule has 2 N–H and O–H groups in total. The van der Waals surface area contributed by atoms with Crippen LogP contribution in [0.5, 0.6) is 5.75 Å². The lowest BCUT2D eigenvalue weighted by Gasteiger charge is -2.04. The van der Waals surface area contributed by atoms with Crippen LogP contribution in [0.4, 0.5) is 0 Å². The molecule has 0 amide bonds. The van der Waals surface area contributed by atoms with Crippen molar-refractivity contribution in [2.75, 3.05) is 0 Å². The molecular formula is C15H14N2OS2. The molecule has 0 saturated carbocycles. The molecule has 0 saturated heterocycles. The summed E-state index contributed by atoms with van der Waals surface area (Å²) in [5.41, 5.74) is 8.80. The number of aromatic nitrogens is 1. The second-order valence-electron chi connectivity index (χ2n) is 4.29. The number of thiophene rings is 1. The van der Waals surface area contributed by atoms with E-state index in [2.05, 4.69) is 21.8 Å². The third kappa shape index (κ3) is 3.07. The summed E-state index contributed by atoms with van der Waals surface area (Å²) in [4.78, 5) is 4.58. The standard InChI is InChI=1S/C15H14N2OS2/c16-7-11-1-3-14(4-2-11)18-8-13-10-20-15(17-13)12-5-6-19-9-12/h1-6,9-10H,7-8,16H2. The largest absolute Gasteiger partial charge is 0.487 e. The van der Waals surface area contributed by atoms with Gasteiger partial charge in [-0.25, -0.2) is 4.98 Å². The van der Waals surface area contributed by atoms with Gasteiger partial charge in [-0.1, -0.05) is 12.1 Å². The van der Waals surface area contributed by atoms with E-state index in [0.717, 1.165) is 22.0 Å². The minimum atomic E-state index is 0.489. The molecule has 20 heavy (non-hydrogen) atoms. The minimum absolute atomic E-state index is 0.489. The van der Waals surface area contributed by atoms with Gasteiger partial charge in [-0.3, -0.25) is 0 Å². The Morgan fingerprint density at radius 2 is 1.95 bits per heavy atom. The maximum atomic E-state index is 5.73. The van der Waals surface area contributed by atoms with E-state index >= 15 is 0 Å². The fourth-order valence-corrected chi connectivity index (χ4v) is 3.29. The van der Waals surface area contributed by atoms with Gasteiger partial charge in [-0.15, -0.1) is 11.3 Å². The van der Waals surface area contributed by atoms with Crippen LogP contribution in [0.3, 0.4) is 0 Å². The summed E-state index contributed by atoms with van der Waals surface area (Å²) in [5, 5.41) is 7.26. The van der Waals surface area contributed by atoms with Gasteiger partial charge in [0.25, 0.3) is 0 Å². The van der Waals surface area contributed by atoms with Crippen LogP contribution in [0.1, 0.15) is 11.3 Å². The first kappa shape index (κ1) is 13.3. The normalized spacial score (nSPS) is 10.7. The molecule has 2 aromatic heterocycles. The lowest BCUT2D eigenvalue weighted by molar-refractivity contribution is 0.302.